The number of nitrogens with one attached hydrogen (secondary N) is 1. The first-order chi connectivity index (χ1) is 12.8. The molecule has 4 rings (SSSR count). The fourth-order valence-corrected chi connectivity index (χ4v) is 2.85. The molecule has 0 aliphatic carbocycles. The molecule has 0 radical (unpaired) electrons. The molecule has 5 heteroatoms. The van der Waals surface area contributed by atoms with Gasteiger partial charge in [0.25, 0.3) is 0 Å². The van der Waals surface area contributed by atoms with E-state index in [1.165, 1.54) is 5.56 Å². The Labute approximate surface area is 150 Å². The molecule has 4 aromatic rings. The minimum absolute atomic E-state index is 0.318. The molecule has 5 nitrogen and oxygen atoms in total. The number of hydrogen-bond acceptors (Lipinski definition) is 4. The third kappa shape index (κ3) is 3.55. The van der Waals surface area contributed by atoms with Gasteiger partial charge in [0.2, 0.25) is 0 Å². The highest BCUT2D eigenvalue weighted by Crippen LogP contribution is 2.27. The van der Waals surface area contributed by atoms with Crippen molar-refractivity contribution in [3.8, 4) is 17.6 Å². The Morgan fingerprint density at radius 1 is 0.962 bits per heavy atom. The molecular weight excluding hydrogens is 324 g/mol. The molecule has 26 heavy (non-hydrogen) atoms. The number of hydrogen-bond donors (Lipinski definition) is 2. The van der Waals surface area contributed by atoms with Gasteiger partial charge in [-0.25, -0.2) is 5.10 Å². The average molecular weight is 340 g/mol. The monoisotopic (exact) mass is 340 g/mol. The number of fused-ring (bicyclic) bond motifs is 1. The molecule has 1 aromatic heterocycles. The van der Waals surface area contributed by atoms with Crippen molar-refractivity contribution in [1.29, 1.82) is 0 Å². The number of nitrogens with zero attached hydrogens (tertiary/aromatic N) is 3. The largest absolute Gasteiger partial charge is 0.508 e. The van der Waals surface area contributed by atoms with E-state index in [2.05, 4.69) is 44.6 Å². The van der Waals surface area contributed by atoms with Crippen LogP contribution >= 0.6 is 0 Å². The molecule has 0 amide bonds. The van der Waals surface area contributed by atoms with Gasteiger partial charge in [0.05, 0.1) is 6.42 Å². The minimum Gasteiger partial charge on any atom is -0.508 e. The molecule has 1 heterocycles. The van der Waals surface area contributed by atoms with Crippen LogP contribution in [0.5, 0.6) is 5.75 Å². The summed E-state index contributed by atoms with van der Waals surface area (Å²) in [7, 11) is 0. The molecule has 0 spiro atoms. The Kier molecular flexibility index (Phi) is 4.31. The summed E-state index contributed by atoms with van der Waals surface area (Å²) in [6, 6.07) is 19.9. The van der Waals surface area contributed by atoms with Gasteiger partial charge >= 0.3 is 0 Å². The molecule has 0 atom stereocenters. The predicted molar refractivity (Wildman–Crippen MR) is 99.6 cm³/mol. The summed E-state index contributed by atoms with van der Waals surface area (Å²) in [5.41, 5.74) is 2.99. The lowest BCUT2D eigenvalue weighted by Gasteiger charge is -2.08. The van der Waals surface area contributed by atoms with Crippen LogP contribution in [-0.2, 0) is 12.8 Å². The number of H-pyrrole nitrogens is 1. The quantitative estimate of drug-likeness (QED) is 0.562. The van der Waals surface area contributed by atoms with Crippen molar-refractivity contribution < 1.29 is 5.11 Å². The third-order valence-corrected chi connectivity index (χ3v) is 4.15. The fraction of sp³-hybridized carbons (Fsp3) is 0.0952. The van der Waals surface area contributed by atoms with E-state index in [1.807, 2.05) is 48.5 Å². The Hall–Kier alpha value is -3.65. The van der Waals surface area contributed by atoms with Gasteiger partial charge in [0, 0.05) is 12.0 Å². The highest BCUT2D eigenvalue weighted by molar-refractivity contribution is 5.86. The zero-order valence-electron chi connectivity index (χ0n) is 14.0. The van der Waals surface area contributed by atoms with Crippen molar-refractivity contribution in [3.05, 3.63) is 83.2 Å². The maximum Gasteiger partial charge on any atom is 0.160 e. The number of tetrazole rings is 1. The zero-order valence-corrected chi connectivity index (χ0v) is 14.0. The van der Waals surface area contributed by atoms with E-state index in [4.69, 9.17) is 0 Å². The first-order valence-corrected chi connectivity index (χ1v) is 8.29. The van der Waals surface area contributed by atoms with Crippen molar-refractivity contribution in [2.24, 2.45) is 0 Å². The molecule has 0 unspecified atom stereocenters. The number of benzene rings is 3. The lowest BCUT2D eigenvalue weighted by atomic mass is 9.99. The second-order valence-electron chi connectivity index (χ2n) is 6.03. The molecular formula is C21H16N4O. The van der Waals surface area contributed by atoms with Crippen LogP contribution < -0.4 is 0 Å². The standard InChI is InChI=1S/C21H16N4O/c26-20-14-17-10-9-16(7-4-8-21-22-24-25-23-21)11-18(17)13-19(20)12-15-5-2-1-3-6-15/h1-3,5-6,9-11,13-14,26H,8,12H2,(H,22,23,24,25). The SMILES string of the molecule is Oc1cc2ccc(C#CCc3nnn[nH]3)cc2cc1Cc1ccccc1. The summed E-state index contributed by atoms with van der Waals surface area (Å²) in [6.45, 7) is 0. The van der Waals surface area contributed by atoms with Gasteiger partial charge in [-0.2, -0.15) is 0 Å². The fourth-order valence-electron chi connectivity index (χ4n) is 2.85. The van der Waals surface area contributed by atoms with Crippen LogP contribution in [0.3, 0.4) is 0 Å². The lowest BCUT2D eigenvalue weighted by molar-refractivity contribution is 0.470. The zero-order chi connectivity index (χ0) is 17.8. The Balaban J connectivity index is 1.62. The molecule has 3 aromatic carbocycles. The number of aromatic hydroxyl groups is 1. The van der Waals surface area contributed by atoms with E-state index in [9.17, 15) is 5.11 Å². The molecule has 126 valence electrons. The van der Waals surface area contributed by atoms with Crippen molar-refractivity contribution in [3.63, 3.8) is 0 Å². The smallest absolute Gasteiger partial charge is 0.160 e. The summed E-state index contributed by atoms with van der Waals surface area (Å²) in [6.07, 6.45) is 1.16. The van der Waals surface area contributed by atoms with Crippen molar-refractivity contribution in [2.45, 2.75) is 12.8 Å². The van der Waals surface area contributed by atoms with E-state index < -0.39 is 0 Å². The minimum atomic E-state index is 0.318. The van der Waals surface area contributed by atoms with Crippen LogP contribution in [0.4, 0.5) is 0 Å². The van der Waals surface area contributed by atoms with Gasteiger partial charge in [-0.15, -0.1) is 5.10 Å². The lowest BCUT2D eigenvalue weighted by Crippen LogP contribution is -1.90. The molecule has 0 saturated carbocycles. The number of phenolic OH excluding ortho intramolecular Hbond substituents is 1. The van der Waals surface area contributed by atoms with Gasteiger partial charge in [0.15, 0.2) is 5.82 Å². The molecule has 0 saturated heterocycles. The van der Waals surface area contributed by atoms with Gasteiger partial charge in [-0.1, -0.05) is 48.2 Å². The van der Waals surface area contributed by atoms with Crippen LogP contribution in [-0.4, -0.2) is 25.7 Å². The first-order valence-electron chi connectivity index (χ1n) is 8.29. The summed E-state index contributed by atoms with van der Waals surface area (Å²) in [4.78, 5) is 0. The molecule has 0 aliphatic rings. The number of aromatic amines is 1. The van der Waals surface area contributed by atoms with Gasteiger partial charge < -0.3 is 5.11 Å². The highest BCUT2D eigenvalue weighted by atomic mass is 16.3. The van der Waals surface area contributed by atoms with Crippen molar-refractivity contribution in [1.82, 2.24) is 20.6 Å². The normalized spacial score (nSPS) is 10.5. The third-order valence-electron chi connectivity index (χ3n) is 4.15. The predicted octanol–water partition coefficient (Wildman–Crippen LogP) is 3.24. The Bertz CT molecular complexity index is 1090. The van der Waals surface area contributed by atoms with E-state index >= 15 is 0 Å². The highest BCUT2D eigenvalue weighted by Gasteiger charge is 2.06. The summed E-state index contributed by atoms with van der Waals surface area (Å²) in [5.74, 6) is 7.16. The topological polar surface area (TPSA) is 74.7 Å². The van der Waals surface area contributed by atoms with Gasteiger partial charge in [0.1, 0.15) is 5.75 Å². The maximum absolute atomic E-state index is 10.3. The summed E-state index contributed by atoms with van der Waals surface area (Å²) >= 11 is 0. The van der Waals surface area contributed by atoms with Gasteiger partial charge in [-0.05, 0) is 56.6 Å². The molecule has 0 bridgehead atoms. The van der Waals surface area contributed by atoms with E-state index in [-0.39, 0.29) is 0 Å². The van der Waals surface area contributed by atoms with Crippen LogP contribution in [0, 0.1) is 11.8 Å². The van der Waals surface area contributed by atoms with Crippen LogP contribution in [0.25, 0.3) is 10.8 Å². The number of phenols is 1. The van der Waals surface area contributed by atoms with Crippen LogP contribution in [0.1, 0.15) is 22.5 Å². The summed E-state index contributed by atoms with van der Waals surface area (Å²) in [5, 5.41) is 25.9. The van der Waals surface area contributed by atoms with E-state index in [0.29, 0.717) is 24.4 Å². The molecule has 0 aliphatic heterocycles. The Morgan fingerprint density at radius 2 is 1.85 bits per heavy atom. The number of rotatable bonds is 3. The molecule has 2 N–H and O–H groups in total. The Morgan fingerprint density at radius 3 is 2.65 bits per heavy atom. The maximum atomic E-state index is 10.3. The van der Waals surface area contributed by atoms with E-state index in [1.54, 1.807) is 0 Å². The first kappa shape index (κ1) is 15.9. The van der Waals surface area contributed by atoms with Crippen LogP contribution in [0.2, 0.25) is 0 Å². The van der Waals surface area contributed by atoms with E-state index in [0.717, 1.165) is 21.9 Å². The van der Waals surface area contributed by atoms with Crippen molar-refractivity contribution in [2.75, 3.05) is 0 Å². The molecule has 0 fully saturated rings. The van der Waals surface area contributed by atoms with Crippen molar-refractivity contribution >= 4 is 10.8 Å². The van der Waals surface area contributed by atoms with Crippen LogP contribution in [0.15, 0.2) is 60.7 Å². The second-order valence-corrected chi connectivity index (χ2v) is 6.03. The van der Waals surface area contributed by atoms with Gasteiger partial charge in [-0.3, -0.25) is 0 Å². The number of aromatic nitrogens is 4. The second kappa shape index (κ2) is 7.08. The summed E-state index contributed by atoms with van der Waals surface area (Å²) < 4.78 is 0. The average Bonchev–Trinajstić information content (AvgIpc) is 3.17.